The van der Waals surface area contributed by atoms with E-state index in [0.29, 0.717) is 12.3 Å². The van der Waals surface area contributed by atoms with Crippen LogP contribution < -0.4 is 10.6 Å². The summed E-state index contributed by atoms with van der Waals surface area (Å²) in [6, 6.07) is 0.217. The lowest BCUT2D eigenvalue weighted by atomic mass is 10.0. The van der Waals surface area contributed by atoms with Crippen molar-refractivity contribution < 1.29 is 9.90 Å². The minimum atomic E-state index is -0.847. The van der Waals surface area contributed by atoms with Crippen molar-refractivity contribution in [2.75, 3.05) is 13.1 Å². The molecule has 1 rings (SSSR count). The first-order chi connectivity index (χ1) is 6.09. The summed E-state index contributed by atoms with van der Waals surface area (Å²) in [5.41, 5.74) is 0. The van der Waals surface area contributed by atoms with Crippen molar-refractivity contribution in [1.29, 1.82) is 0 Å². The SMILES string of the molecule is CC(C)CC(O)C(=O)NC1CNC1. The number of aliphatic hydroxyl groups excluding tert-OH is 1. The van der Waals surface area contributed by atoms with Crippen LogP contribution >= 0.6 is 0 Å². The third-order valence-electron chi connectivity index (χ3n) is 2.13. The maximum atomic E-state index is 11.3. The van der Waals surface area contributed by atoms with E-state index in [1.54, 1.807) is 0 Å². The maximum Gasteiger partial charge on any atom is 0.249 e. The molecule has 13 heavy (non-hydrogen) atoms. The molecule has 0 saturated carbocycles. The fourth-order valence-electron chi connectivity index (χ4n) is 1.24. The second-order valence-corrected chi connectivity index (χ2v) is 4.01. The normalized spacial score (nSPS) is 19.7. The highest BCUT2D eigenvalue weighted by Gasteiger charge is 2.23. The van der Waals surface area contributed by atoms with Gasteiger partial charge in [-0.25, -0.2) is 0 Å². The van der Waals surface area contributed by atoms with E-state index in [1.165, 1.54) is 0 Å². The lowest BCUT2D eigenvalue weighted by molar-refractivity contribution is -0.131. The largest absolute Gasteiger partial charge is 0.383 e. The summed E-state index contributed by atoms with van der Waals surface area (Å²) in [6.07, 6.45) is -0.313. The Balaban J connectivity index is 2.20. The van der Waals surface area contributed by atoms with Gasteiger partial charge in [-0.3, -0.25) is 4.79 Å². The van der Waals surface area contributed by atoms with E-state index in [9.17, 15) is 9.90 Å². The number of aliphatic hydroxyl groups is 1. The van der Waals surface area contributed by atoms with Crippen LogP contribution in [0.25, 0.3) is 0 Å². The van der Waals surface area contributed by atoms with Gasteiger partial charge in [0.25, 0.3) is 0 Å². The molecule has 1 amide bonds. The van der Waals surface area contributed by atoms with Gasteiger partial charge in [0.2, 0.25) is 5.91 Å². The van der Waals surface area contributed by atoms with Crippen molar-refractivity contribution in [2.45, 2.75) is 32.4 Å². The molecule has 0 aromatic carbocycles. The van der Waals surface area contributed by atoms with Gasteiger partial charge in [0.15, 0.2) is 0 Å². The topological polar surface area (TPSA) is 61.4 Å². The van der Waals surface area contributed by atoms with Gasteiger partial charge in [0.05, 0.1) is 6.04 Å². The van der Waals surface area contributed by atoms with Crippen molar-refractivity contribution in [1.82, 2.24) is 10.6 Å². The molecule has 1 heterocycles. The van der Waals surface area contributed by atoms with Gasteiger partial charge in [-0.05, 0) is 12.3 Å². The molecule has 0 radical (unpaired) electrons. The first kappa shape index (κ1) is 10.5. The third-order valence-corrected chi connectivity index (χ3v) is 2.13. The lowest BCUT2D eigenvalue weighted by Gasteiger charge is -2.29. The molecule has 4 nitrogen and oxygen atoms in total. The van der Waals surface area contributed by atoms with E-state index in [-0.39, 0.29) is 11.9 Å². The van der Waals surface area contributed by atoms with Crippen LogP contribution in [0, 0.1) is 5.92 Å². The zero-order chi connectivity index (χ0) is 9.84. The van der Waals surface area contributed by atoms with Gasteiger partial charge in [0.1, 0.15) is 6.10 Å². The summed E-state index contributed by atoms with van der Waals surface area (Å²) in [7, 11) is 0. The fraction of sp³-hybridized carbons (Fsp3) is 0.889. The molecule has 0 aromatic heterocycles. The average Bonchev–Trinajstić information content (AvgIpc) is 1.94. The Morgan fingerprint density at radius 3 is 2.62 bits per heavy atom. The number of carbonyl (C=O) groups is 1. The Hall–Kier alpha value is -0.610. The van der Waals surface area contributed by atoms with Crippen molar-refractivity contribution in [2.24, 2.45) is 5.92 Å². The van der Waals surface area contributed by atoms with Crippen molar-refractivity contribution in [3.63, 3.8) is 0 Å². The number of rotatable bonds is 4. The number of amides is 1. The van der Waals surface area contributed by atoms with E-state index >= 15 is 0 Å². The predicted octanol–water partition coefficient (Wildman–Crippen LogP) is -0.519. The number of carbonyl (C=O) groups excluding carboxylic acids is 1. The molecule has 1 unspecified atom stereocenters. The summed E-state index contributed by atoms with van der Waals surface area (Å²) < 4.78 is 0. The summed E-state index contributed by atoms with van der Waals surface area (Å²) in [6.45, 7) is 5.61. The average molecular weight is 186 g/mol. The van der Waals surface area contributed by atoms with Crippen molar-refractivity contribution in [3.05, 3.63) is 0 Å². The molecule has 1 aliphatic heterocycles. The van der Waals surface area contributed by atoms with Gasteiger partial charge in [-0.15, -0.1) is 0 Å². The van der Waals surface area contributed by atoms with Crippen LogP contribution in [0.5, 0.6) is 0 Å². The molecule has 3 N–H and O–H groups in total. The van der Waals surface area contributed by atoms with E-state index in [4.69, 9.17) is 0 Å². The van der Waals surface area contributed by atoms with Gasteiger partial charge in [-0.2, -0.15) is 0 Å². The Morgan fingerprint density at radius 2 is 2.23 bits per heavy atom. The van der Waals surface area contributed by atoms with Crippen LogP contribution in [0.1, 0.15) is 20.3 Å². The summed E-state index contributed by atoms with van der Waals surface area (Å²) in [5, 5.41) is 15.2. The Kier molecular flexibility index (Phi) is 3.69. The number of hydrogen-bond acceptors (Lipinski definition) is 3. The first-order valence-electron chi connectivity index (χ1n) is 4.78. The van der Waals surface area contributed by atoms with Gasteiger partial charge in [0, 0.05) is 13.1 Å². The standard InChI is InChI=1S/C9H18N2O2/c1-6(2)3-8(12)9(13)11-7-4-10-5-7/h6-8,10,12H,3-5H2,1-2H3,(H,11,13). The van der Waals surface area contributed by atoms with Gasteiger partial charge in [-0.1, -0.05) is 13.8 Å². The molecule has 1 fully saturated rings. The molecule has 0 bridgehead atoms. The van der Waals surface area contributed by atoms with Gasteiger partial charge < -0.3 is 15.7 Å². The Labute approximate surface area is 78.7 Å². The van der Waals surface area contributed by atoms with Gasteiger partial charge >= 0.3 is 0 Å². The van der Waals surface area contributed by atoms with Crippen LogP contribution in [-0.4, -0.2) is 36.2 Å². The summed E-state index contributed by atoms with van der Waals surface area (Å²) in [5.74, 6) is 0.112. The minimum absolute atomic E-state index is 0.217. The highest BCUT2D eigenvalue weighted by atomic mass is 16.3. The molecule has 76 valence electrons. The molecular weight excluding hydrogens is 168 g/mol. The van der Waals surface area contributed by atoms with E-state index in [0.717, 1.165) is 13.1 Å². The predicted molar refractivity (Wildman–Crippen MR) is 50.3 cm³/mol. The third kappa shape index (κ3) is 3.32. The quantitative estimate of drug-likeness (QED) is 0.554. The molecule has 4 heteroatoms. The molecular formula is C9H18N2O2. The maximum absolute atomic E-state index is 11.3. The summed E-state index contributed by atoms with van der Waals surface area (Å²) >= 11 is 0. The zero-order valence-electron chi connectivity index (χ0n) is 8.21. The molecule has 0 aliphatic carbocycles. The second kappa shape index (κ2) is 4.58. The van der Waals surface area contributed by atoms with E-state index in [1.807, 2.05) is 13.8 Å². The van der Waals surface area contributed by atoms with E-state index in [2.05, 4.69) is 10.6 Å². The van der Waals surface area contributed by atoms with Crippen molar-refractivity contribution >= 4 is 5.91 Å². The molecule has 1 aliphatic rings. The number of nitrogens with one attached hydrogen (secondary N) is 2. The molecule has 1 atom stereocenters. The van der Waals surface area contributed by atoms with E-state index < -0.39 is 6.10 Å². The molecule has 0 aromatic rings. The Morgan fingerprint density at radius 1 is 1.62 bits per heavy atom. The van der Waals surface area contributed by atoms with Crippen LogP contribution in [0.15, 0.2) is 0 Å². The smallest absolute Gasteiger partial charge is 0.249 e. The molecule has 0 spiro atoms. The zero-order valence-corrected chi connectivity index (χ0v) is 8.21. The van der Waals surface area contributed by atoms with Crippen LogP contribution in [0.3, 0.4) is 0 Å². The van der Waals surface area contributed by atoms with Crippen LogP contribution in [0.2, 0.25) is 0 Å². The monoisotopic (exact) mass is 186 g/mol. The van der Waals surface area contributed by atoms with Crippen LogP contribution in [-0.2, 0) is 4.79 Å². The molecule has 1 saturated heterocycles. The van der Waals surface area contributed by atoms with Crippen molar-refractivity contribution in [3.8, 4) is 0 Å². The van der Waals surface area contributed by atoms with Crippen LogP contribution in [0.4, 0.5) is 0 Å². The summed E-state index contributed by atoms with van der Waals surface area (Å²) in [4.78, 5) is 11.3. The first-order valence-corrected chi connectivity index (χ1v) is 4.78. The lowest BCUT2D eigenvalue weighted by Crippen LogP contribution is -2.58. The second-order valence-electron chi connectivity index (χ2n) is 4.01. The Bertz CT molecular complexity index is 178. The highest BCUT2D eigenvalue weighted by molar-refractivity contribution is 5.80. The minimum Gasteiger partial charge on any atom is -0.383 e. The highest BCUT2D eigenvalue weighted by Crippen LogP contribution is 2.05. The number of hydrogen-bond donors (Lipinski definition) is 3. The fourth-order valence-corrected chi connectivity index (χ4v) is 1.24.